The minimum absolute atomic E-state index is 0.0153. The van der Waals surface area contributed by atoms with E-state index in [4.69, 9.17) is 17.4 Å². The second-order valence-electron chi connectivity index (χ2n) is 2.80. The van der Waals surface area contributed by atoms with Crippen molar-refractivity contribution in [2.75, 3.05) is 5.73 Å². The van der Waals surface area contributed by atoms with Crippen molar-refractivity contribution in [2.24, 2.45) is 0 Å². The zero-order chi connectivity index (χ0) is 10.7. The number of nitrogen functional groups attached to an aromatic ring is 1. The smallest absolute Gasteiger partial charge is 0.312 e. The summed E-state index contributed by atoms with van der Waals surface area (Å²) in [6.07, 6.45) is -0.878. The minimum Gasteiger partial charge on any atom is -0.391 e. The van der Waals surface area contributed by atoms with E-state index < -0.39 is 12.2 Å². The highest BCUT2D eigenvalue weighted by Gasteiger charge is 2.20. The van der Waals surface area contributed by atoms with E-state index >= 15 is 0 Å². The lowest BCUT2D eigenvalue weighted by Crippen LogP contribution is -2.15. The van der Waals surface area contributed by atoms with Crippen molar-refractivity contribution < 1.29 is 10.2 Å². The summed E-state index contributed by atoms with van der Waals surface area (Å²) in [4.78, 5) is 10.5. The Kier molecular flexibility index (Phi) is 2.96. The van der Waals surface area contributed by atoms with Gasteiger partial charge in [0.15, 0.2) is 5.69 Å². The molecule has 0 aromatic carbocycles. The lowest BCUT2D eigenvalue weighted by molar-refractivity contribution is 0.0277. The van der Waals surface area contributed by atoms with Crippen molar-refractivity contribution in [3.05, 3.63) is 23.3 Å². The van der Waals surface area contributed by atoms with Crippen LogP contribution in [-0.2, 0) is 0 Å². The van der Waals surface area contributed by atoms with Crippen molar-refractivity contribution in [3.8, 4) is 0 Å². The van der Waals surface area contributed by atoms with Crippen LogP contribution in [0.4, 0.5) is 11.6 Å². The Morgan fingerprint density at radius 1 is 1.57 bits per heavy atom. The van der Waals surface area contributed by atoms with Gasteiger partial charge in [-0.1, -0.05) is 6.57 Å². The third kappa shape index (κ3) is 1.96. The van der Waals surface area contributed by atoms with Gasteiger partial charge in [0.2, 0.25) is 0 Å². The average molecular weight is 194 g/mol. The summed E-state index contributed by atoms with van der Waals surface area (Å²) >= 11 is 0. The average Bonchev–Trinajstić information content (AvgIpc) is 2.17. The van der Waals surface area contributed by atoms with Crippen molar-refractivity contribution in [1.82, 2.24) is 9.97 Å². The fraction of sp³-hybridized carbons (Fsp3) is 0.375. The summed E-state index contributed by atoms with van der Waals surface area (Å²) in [6, 6.07) is 0. The highest BCUT2D eigenvalue weighted by molar-refractivity contribution is 5.56. The Bertz CT molecular complexity index is 372. The standard InChI is InChI=1S/C8H10N4O2/c1-4(13)6(14)5-3-11-7(9)8(10-2)12-5/h3-4,6,13-14H,1H3,(H2,9,11)/t4-,6-/m1/s1. The van der Waals surface area contributed by atoms with Gasteiger partial charge in [0.1, 0.15) is 11.9 Å². The van der Waals surface area contributed by atoms with Crippen LogP contribution in [0.2, 0.25) is 0 Å². The van der Waals surface area contributed by atoms with Crippen LogP contribution in [0.3, 0.4) is 0 Å². The number of nitrogens with zero attached hydrogens (tertiary/aromatic N) is 3. The van der Waals surface area contributed by atoms with Crippen LogP contribution in [0.5, 0.6) is 0 Å². The number of aliphatic hydroxyl groups is 2. The largest absolute Gasteiger partial charge is 0.391 e. The van der Waals surface area contributed by atoms with Crippen LogP contribution in [0.15, 0.2) is 6.20 Å². The number of hydrogen-bond donors (Lipinski definition) is 3. The Balaban J connectivity index is 3.08. The van der Waals surface area contributed by atoms with Crippen molar-refractivity contribution in [1.29, 1.82) is 0 Å². The molecule has 0 amide bonds. The molecular weight excluding hydrogens is 184 g/mol. The Labute approximate surface area is 80.9 Å². The van der Waals surface area contributed by atoms with E-state index in [9.17, 15) is 5.11 Å². The van der Waals surface area contributed by atoms with Gasteiger partial charge in [-0.05, 0) is 6.92 Å². The van der Waals surface area contributed by atoms with E-state index in [1.807, 2.05) is 0 Å². The van der Waals surface area contributed by atoms with Crippen LogP contribution < -0.4 is 5.73 Å². The SMILES string of the molecule is [C-]#[N+]c1nc([C@H](O)[C@@H](C)O)cnc1N. The molecule has 1 aromatic heterocycles. The van der Waals surface area contributed by atoms with Gasteiger partial charge in [0.05, 0.1) is 12.3 Å². The number of anilines is 1. The quantitative estimate of drug-likeness (QED) is 0.577. The molecule has 6 heteroatoms. The van der Waals surface area contributed by atoms with Crippen molar-refractivity contribution in [3.63, 3.8) is 0 Å². The molecule has 4 N–H and O–H groups in total. The van der Waals surface area contributed by atoms with E-state index in [-0.39, 0.29) is 17.3 Å². The molecule has 0 bridgehead atoms. The Morgan fingerprint density at radius 2 is 2.21 bits per heavy atom. The lowest BCUT2D eigenvalue weighted by atomic mass is 10.2. The third-order valence-corrected chi connectivity index (χ3v) is 1.67. The molecule has 1 heterocycles. The highest BCUT2D eigenvalue weighted by Crippen LogP contribution is 2.20. The van der Waals surface area contributed by atoms with Crippen LogP contribution >= 0.6 is 0 Å². The number of rotatable bonds is 2. The zero-order valence-corrected chi connectivity index (χ0v) is 7.55. The molecule has 0 saturated carbocycles. The molecule has 74 valence electrons. The normalized spacial score (nSPS) is 14.4. The van der Waals surface area contributed by atoms with E-state index in [0.717, 1.165) is 0 Å². The second kappa shape index (κ2) is 4.00. The minimum atomic E-state index is -1.15. The van der Waals surface area contributed by atoms with E-state index in [0.29, 0.717) is 0 Å². The fourth-order valence-corrected chi connectivity index (χ4v) is 0.874. The van der Waals surface area contributed by atoms with Crippen LogP contribution in [0, 0.1) is 6.57 Å². The van der Waals surface area contributed by atoms with E-state index in [2.05, 4.69) is 14.8 Å². The van der Waals surface area contributed by atoms with Gasteiger partial charge in [-0.2, -0.15) is 0 Å². The first-order valence-corrected chi connectivity index (χ1v) is 3.92. The van der Waals surface area contributed by atoms with Crippen LogP contribution in [-0.4, -0.2) is 26.3 Å². The summed E-state index contributed by atoms with van der Waals surface area (Å²) in [5.74, 6) is -0.0521. The molecule has 1 rings (SSSR count). The molecular formula is C8H10N4O2. The maximum Gasteiger partial charge on any atom is 0.312 e. The number of aliphatic hydroxyl groups excluding tert-OH is 2. The fourth-order valence-electron chi connectivity index (χ4n) is 0.874. The molecule has 0 radical (unpaired) electrons. The first-order chi connectivity index (χ1) is 6.56. The predicted octanol–water partition coefficient (Wildman–Crippen LogP) is 0.0238. The maximum atomic E-state index is 9.41. The van der Waals surface area contributed by atoms with Gasteiger partial charge in [-0.25, -0.2) is 4.98 Å². The first kappa shape index (κ1) is 10.4. The van der Waals surface area contributed by atoms with E-state index in [1.54, 1.807) is 0 Å². The monoisotopic (exact) mass is 194 g/mol. The number of nitrogens with two attached hydrogens (primary N) is 1. The summed E-state index contributed by atoms with van der Waals surface area (Å²) in [7, 11) is 0. The Morgan fingerprint density at radius 3 is 2.71 bits per heavy atom. The maximum absolute atomic E-state index is 9.41. The lowest BCUT2D eigenvalue weighted by Gasteiger charge is -2.09. The third-order valence-electron chi connectivity index (χ3n) is 1.67. The summed E-state index contributed by atoms with van der Waals surface area (Å²) in [5, 5.41) is 18.5. The summed E-state index contributed by atoms with van der Waals surface area (Å²) < 4.78 is 0. The Hall–Kier alpha value is -1.71. The highest BCUT2D eigenvalue weighted by atomic mass is 16.3. The topological polar surface area (TPSA) is 96.6 Å². The molecule has 2 atom stereocenters. The molecule has 1 aromatic rings. The zero-order valence-electron chi connectivity index (χ0n) is 7.55. The molecule has 0 aliphatic heterocycles. The molecule has 6 nitrogen and oxygen atoms in total. The van der Waals surface area contributed by atoms with Crippen molar-refractivity contribution >= 4 is 11.6 Å². The van der Waals surface area contributed by atoms with Gasteiger partial charge in [0, 0.05) is 0 Å². The van der Waals surface area contributed by atoms with Gasteiger partial charge < -0.3 is 20.8 Å². The van der Waals surface area contributed by atoms with Crippen LogP contribution in [0.1, 0.15) is 18.7 Å². The molecule has 0 saturated heterocycles. The molecule has 0 aliphatic rings. The first-order valence-electron chi connectivity index (χ1n) is 3.92. The molecule has 14 heavy (non-hydrogen) atoms. The number of aromatic nitrogens is 2. The summed E-state index contributed by atoms with van der Waals surface area (Å²) in [6.45, 7) is 8.14. The van der Waals surface area contributed by atoms with Gasteiger partial charge >= 0.3 is 5.82 Å². The second-order valence-corrected chi connectivity index (χ2v) is 2.80. The van der Waals surface area contributed by atoms with Crippen LogP contribution in [0.25, 0.3) is 4.85 Å². The summed E-state index contributed by atoms with van der Waals surface area (Å²) in [5.41, 5.74) is 5.48. The predicted molar refractivity (Wildman–Crippen MR) is 49.3 cm³/mol. The molecule has 0 unspecified atom stereocenters. The molecule has 0 aliphatic carbocycles. The van der Waals surface area contributed by atoms with Gasteiger partial charge in [-0.3, -0.25) is 0 Å². The number of hydrogen-bond acceptors (Lipinski definition) is 5. The van der Waals surface area contributed by atoms with Gasteiger partial charge in [-0.15, -0.1) is 4.98 Å². The van der Waals surface area contributed by atoms with Crippen molar-refractivity contribution in [2.45, 2.75) is 19.1 Å². The molecule has 0 fully saturated rings. The van der Waals surface area contributed by atoms with E-state index in [1.165, 1.54) is 13.1 Å². The van der Waals surface area contributed by atoms with Gasteiger partial charge in [0.25, 0.3) is 0 Å². The molecule has 0 spiro atoms.